The van der Waals surface area contributed by atoms with Crippen LogP contribution in [-0.2, 0) is 0 Å². The summed E-state index contributed by atoms with van der Waals surface area (Å²) in [6.45, 7) is 11.7. The minimum atomic E-state index is 0.377. The molecule has 1 aromatic rings. The second-order valence-corrected chi connectivity index (χ2v) is 6.12. The molecule has 82 valence electrons. The van der Waals surface area contributed by atoms with Crippen molar-refractivity contribution in [3.05, 3.63) is 30.3 Å². The van der Waals surface area contributed by atoms with Gasteiger partial charge in [0.25, 0.3) is 0 Å². The zero-order chi connectivity index (χ0) is 11.5. The standard InChI is InChI=1S/C14H23B/c1-13(2,3)14(4,5)11-15-12-9-7-6-8-10-12/h6-10,15H,11H2,1-5H3. The van der Waals surface area contributed by atoms with Crippen molar-refractivity contribution in [1.82, 2.24) is 0 Å². The van der Waals surface area contributed by atoms with Crippen LogP contribution in [-0.4, -0.2) is 7.28 Å². The van der Waals surface area contributed by atoms with Crippen LogP contribution in [0.25, 0.3) is 0 Å². The Labute approximate surface area is 95.3 Å². The first-order valence-corrected chi connectivity index (χ1v) is 5.87. The Balaban J connectivity index is 2.58. The fourth-order valence-electron chi connectivity index (χ4n) is 1.48. The van der Waals surface area contributed by atoms with Crippen molar-refractivity contribution in [3.8, 4) is 0 Å². The van der Waals surface area contributed by atoms with Crippen molar-refractivity contribution in [1.29, 1.82) is 0 Å². The number of rotatable bonds is 3. The molecule has 15 heavy (non-hydrogen) atoms. The normalized spacial score (nSPS) is 12.6. The molecule has 0 unspecified atom stereocenters. The van der Waals surface area contributed by atoms with E-state index in [0.29, 0.717) is 10.8 Å². The number of benzene rings is 1. The van der Waals surface area contributed by atoms with Crippen molar-refractivity contribution in [2.45, 2.75) is 40.9 Å². The zero-order valence-corrected chi connectivity index (χ0v) is 10.8. The lowest BCUT2D eigenvalue weighted by atomic mass is 9.53. The Morgan fingerprint density at radius 2 is 1.47 bits per heavy atom. The van der Waals surface area contributed by atoms with Crippen LogP contribution in [0.1, 0.15) is 34.6 Å². The van der Waals surface area contributed by atoms with Gasteiger partial charge in [0, 0.05) is 0 Å². The third-order valence-electron chi connectivity index (χ3n) is 3.91. The summed E-state index contributed by atoms with van der Waals surface area (Å²) >= 11 is 0. The third kappa shape index (κ3) is 3.41. The van der Waals surface area contributed by atoms with Crippen LogP contribution in [0.4, 0.5) is 0 Å². The molecule has 0 N–H and O–H groups in total. The molecule has 1 aromatic carbocycles. The smallest absolute Gasteiger partial charge is 0.0845 e. The predicted molar refractivity (Wildman–Crippen MR) is 71.3 cm³/mol. The molecule has 0 bridgehead atoms. The van der Waals surface area contributed by atoms with Gasteiger partial charge in [-0.2, -0.15) is 0 Å². The average Bonchev–Trinajstić information content (AvgIpc) is 2.15. The molecular weight excluding hydrogens is 179 g/mol. The van der Waals surface area contributed by atoms with E-state index in [1.807, 2.05) is 0 Å². The molecule has 0 spiro atoms. The SMILES string of the molecule is CC(C)(C)C(C)(C)CBc1ccccc1. The molecule has 0 saturated heterocycles. The van der Waals surface area contributed by atoms with E-state index in [2.05, 4.69) is 65.0 Å². The van der Waals surface area contributed by atoms with Crippen molar-refractivity contribution in [2.75, 3.05) is 0 Å². The molecule has 0 heterocycles. The van der Waals surface area contributed by atoms with Crippen LogP contribution < -0.4 is 5.46 Å². The molecule has 0 radical (unpaired) electrons. The van der Waals surface area contributed by atoms with Crippen LogP contribution >= 0.6 is 0 Å². The number of hydrogen-bond acceptors (Lipinski definition) is 0. The lowest BCUT2D eigenvalue weighted by molar-refractivity contribution is 0.157. The van der Waals surface area contributed by atoms with Gasteiger partial charge in [0.2, 0.25) is 0 Å². The summed E-state index contributed by atoms with van der Waals surface area (Å²) in [5.74, 6) is 0. The van der Waals surface area contributed by atoms with Gasteiger partial charge in [-0.15, -0.1) is 0 Å². The Hall–Kier alpha value is -0.715. The molecule has 0 nitrogen and oxygen atoms in total. The maximum Gasteiger partial charge on any atom is 0.158 e. The van der Waals surface area contributed by atoms with Crippen LogP contribution in [0.2, 0.25) is 6.32 Å². The fraction of sp³-hybridized carbons (Fsp3) is 0.571. The van der Waals surface area contributed by atoms with Crippen molar-refractivity contribution >= 4 is 12.7 Å². The van der Waals surface area contributed by atoms with Gasteiger partial charge in [0.05, 0.1) is 0 Å². The molecule has 0 amide bonds. The lowest BCUT2D eigenvalue weighted by Crippen LogP contribution is -2.33. The molecule has 0 aromatic heterocycles. The Morgan fingerprint density at radius 3 is 1.93 bits per heavy atom. The van der Waals surface area contributed by atoms with Gasteiger partial charge in [-0.25, -0.2) is 0 Å². The van der Waals surface area contributed by atoms with Gasteiger partial charge in [0.15, 0.2) is 7.28 Å². The van der Waals surface area contributed by atoms with E-state index < -0.39 is 0 Å². The molecule has 0 aliphatic carbocycles. The van der Waals surface area contributed by atoms with E-state index in [4.69, 9.17) is 0 Å². The highest BCUT2D eigenvalue weighted by Gasteiger charge is 2.32. The highest BCUT2D eigenvalue weighted by Crippen LogP contribution is 2.40. The van der Waals surface area contributed by atoms with Crippen molar-refractivity contribution in [3.63, 3.8) is 0 Å². The summed E-state index contributed by atoms with van der Waals surface area (Å²) in [6, 6.07) is 10.8. The monoisotopic (exact) mass is 202 g/mol. The first-order valence-electron chi connectivity index (χ1n) is 5.87. The molecular formula is C14H23B. The molecule has 0 aliphatic heterocycles. The first kappa shape index (κ1) is 12.4. The quantitative estimate of drug-likeness (QED) is 0.660. The molecule has 1 heteroatoms. The molecule has 1 rings (SSSR count). The van der Waals surface area contributed by atoms with Crippen LogP contribution in [0.15, 0.2) is 30.3 Å². The van der Waals surface area contributed by atoms with Gasteiger partial charge < -0.3 is 0 Å². The van der Waals surface area contributed by atoms with E-state index in [-0.39, 0.29) is 0 Å². The Bertz CT molecular complexity index is 293. The van der Waals surface area contributed by atoms with Gasteiger partial charge in [0.1, 0.15) is 0 Å². The average molecular weight is 202 g/mol. The summed E-state index contributed by atoms with van der Waals surface area (Å²) in [6.07, 6.45) is 1.25. The lowest BCUT2D eigenvalue weighted by Gasteiger charge is -2.39. The van der Waals surface area contributed by atoms with E-state index in [1.165, 1.54) is 19.1 Å². The predicted octanol–water partition coefficient (Wildman–Crippen LogP) is 3.24. The third-order valence-corrected chi connectivity index (χ3v) is 3.91. The molecule has 0 atom stereocenters. The maximum atomic E-state index is 2.37. The summed E-state index contributed by atoms with van der Waals surface area (Å²) in [4.78, 5) is 0. The fourth-order valence-corrected chi connectivity index (χ4v) is 1.48. The van der Waals surface area contributed by atoms with E-state index in [0.717, 1.165) is 0 Å². The van der Waals surface area contributed by atoms with Crippen LogP contribution in [0.3, 0.4) is 0 Å². The summed E-state index contributed by atoms with van der Waals surface area (Å²) < 4.78 is 0. The maximum absolute atomic E-state index is 2.37. The minimum absolute atomic E-state index is 0.377. The van der Waals surface area contributed by atoms with E-state index in [1.54, 1.807) is 0 Å². The summed E-state index contributed by atoms with van der Waals surface area (Å²) in [7, 11) is 1.19. The second-order valence-electron chi connectivity index (χ2n) is 6.12. The second kappa shape index (κ2) is 4.43. The van der Waals surface area contributed by atoms with Crippen molar-refractivity contribution in [2.24, 2.45) is 10.8 Å². The van der Waals surface area contributed by atoms with Crippen LogP contribution in [0.5, 0.6) is 0 Å². The topological polar surface area (TPSA) is 0 Å². The van der Waals surface area contributed by atoms with Gasteiger partial charge in [-0.3, -0.25) is 0 Å². The van der Waals surface area contributed by atoms with Crippen LogP contribution in [0, 0.1) is 10.8 Å². The molecule has 0 saturated carbocycles. The molecule has 0 aliphatic rings. The Kier molecular flexibility index (Phi) is 3.65. The van der Waals surface area contributed by atoms with Crippen molar-refractivity contribution < 1.29 is 0 Å². The van der Waals surface area contributed by atoms with Gasteiger partial charge in [-0.1, -0.05) is 76.7 Å². The number of hydrogen-bond donors (Lipinski definition) is 0. The highest BCUT2D eigenvalue weighted by molar-refractivity contribution is 6.53. The largest absolute Gasteiger partial charge is 0.158 e. The summed E-state index contributed by atoms with van der Waals surface area (Å²) in [5, 5.41) is 0. The van der Waals surface area contributed by atoms with E-state index >= 15 is 0 Å². The van der Waals surface area contributed by atoms with E-state index in [9.17, 15) is 0 Å². The zero-order valence-electron chi connectivity index (χ0n) is 10.8. The van der Waals surface area contributed by atoms with Gasteiger partial charge >= 0.3 is 0 Å². The Morgan fingerprint density at radius 1 is 0.933 bits per heavy atom. The summed E-state index contributed by atoms with van der Waals surface area (Å²) in [5.41, 5.74) is 2.22. The minimum Gasteiger partial charge on any atom is -0.0845 e. The van der Waals surface area contributed by atoms with Gasteiger partial charge in [-0.05, 0) is 10.8 Å². The highest BCUT2D eigenvalue weighted by atomic mass is 14.3. The first-order chi connectivity index (χ1) is 6.83. The molecule has 0 fully saturated rings.